The molecule has 0 aromatic heterocycles. The maximum absolute atomic E-state index is 13.4. The van der Waals surface area contributed by atoms with Gasteiger partial charge in [-0.25, -0.2) is 4.90 Å². The number of amides is 2. The van der Waals surface area contributed by atoms with E-state index >= 15 is 0 Å². The first-order valence-corrected chi connectivity index (χ1v) is 10.0. The van der Waals surface area contributed by atoms with Gasteiger partial charge in [0.2, 0.25) is 0 Å². The fraction of sp³-hybridized carbons (Fsp3) is 0.120. The Morgan fingerprint density at radius 1 is 0.800 bits per heavy atom. The van der Waals surface area contributed by atoms with Crippen LogP contribution in [0.15, 0.2) is 72.4 Å². The van der Waals surface area contributed by atoms with Crippen LogP contribution >= 0.6 is 11.6 Å². The van der Waals surface area contributed by atoms with Gasteiger partial charge in [-0.3, -0.25) is 9.59 Å². The smallest absolute Gasteiger partial charge is 0.282 e. The summed E-state index contributed by atoms with van der Waals surface area (Å²) in [7, 11) is 0. The highest BCUT2D eigenvalue weighted by atomic mass is 35.5. The van der Waals surface area contributed by atoms with Gasteiger partial charge in [0.05, 0.1) is 11.3 Å². The largest absolute Gasteiger partial charge is 0.350 e. The van der Waals surface area contributed by atoms with E-state index in [-0.39, 0.29) is 11.6 Å². The van der Waals surface area contributed by atoms with Crippen LogP contribution in [0.3, 0.4) is 0 Å². The van der Waals surface area contributed by atoms with Gasteiger partial charge >= 0.3 is 0 Å². The van der Waals surface area contributed by atoms with Gasteiger partial charge in [0.1, 0.15) is 5.70 Å². The zero-order valence-electron chi connectivity index (χ0n) is 17.0. The van der Waals surface area contributed by atoms with Gasteiger partial charge in [-0.05, 0) is 61.7 Å². The molecule has 0 bridgehead atoms. The molecule has 2 amide bonds. The van der Waals surface area contributed by atoms with Crippen LogP contribution in [0.25, 0.3) is 5.57 Å². The van der Waals surface area contributed by atoms with Crippen molar-refractivity contribution in [3.8, 4) is 0 Å². The molecular formula is C25H21ClN2O2. The predicted molar refractivity (Wildman–Crippen MR) is 122 cm³/mol. The van der Waals surface area contributed by atoms with Gasteiger partial charge in [0.15, 0.2) is 0 Å². The number of rotatable bonds is 4. The standard InChI is InChI=1S/C25H21ClN2O2/c1-15-8-11-18(12-9-15)22-23(27-21-13-16(2)7-10-17(21)3)25(30)28(24(22)29)20-6-4-5-19(26)14-20/h4-14,27H,1-3H3. The van der Waals surface area contributed by atoms with Crippen LogP contribution in [-0.4, -0.2) is 11.8 Å². The maximum atomic E-state index is 13.4. The number of carbonyl (C=O) groups excluding carboxylic acids is 2. The summed E-state index contributed by atoms with van der Waals surface area (Å²) in [6.07, 6.45) is 0. The third-order valence-electron chi connectivity index (χ3n) is 5.14. The molecule has 0 aliphatic carbocycles. The summed E-state index contributed by atoms with van der Waals surface area (Å²) in [6, 6.07) is 20.3. The molecule has 30 heavy (non-hydrogen) atoms. The molecule has 0 saturated carbocycles. The molecule has 0 atom stereocenters. The number of benzene rings is 3. The minimum Gasteiger partial charge on any atom is -0.350 e. The first-order chi connectivity index (χ1) is 14.3. The fourth-order valence-corrected chi connectivity index (χ4v) is 3.67. The number of hydrogen-bond donors (Lipinski definition) is 1. The van der Waals surface area contributed by atoms with Crippen LogP contribution < -0.4 is 10.2 Å². The lowest BCUT2D eigenvalue weighted by Gasteiger charge is -2.16. The van der Waals surface area contributed by atoms with Gasteiger partial charge < -0.3 is 5.32 Å². The third kappa shape index (κ3) is 3.62. The van der Waals surface area contributed by atoms with E-state index in [0.29, 0.717) is 21.8 Å². The highest BCUT2D eigenvalue weighted by Gasteiger charge is 2.40. The maximum Gasteiger partial charge on any atom is 0.282 e. The molecule has 1 heterocycles. The average Bonchev–Trinajstić information content (AvgIpc) is 2.95. The average molecular weight is 417 g/mol. The van der Waals surface area contributed by atoms with Gasteiger partial charge in [0, 0.05) is 10.7 Å². The van der Waals surface area contributed by atoms with Crippen molar-refractivity contribution < 1.29 is 9.59 Å². The summed E-state index contributed by atoms with van der Waals surface area (Å²) < 4.78 is 0. The van der Waals surface area contributed by atoms with Crippen LogP contribution in [-0.2, 0) is 9.59 Å². The van der Waals surface area contributed by atoms with Crippen molar-refractivity contribution in [2.24, 2.45) is 0 Å². The number of halogens is 1. The molecule has 5 heteroatoms. The minimum absolute atomic E-state index is 0.262. The second-order valence-electron chi connectivity index (χ2n) is 7.48. The monoisotopic (exact) mass is 416 g/mol. The lowest BCUT2D eigenvalue weighted by Crippen LogP contribution is -2.32. The van der Waals surface area contributed by atoms with Crippen molar-refractivity contribution in [1.29, 1.82) is 0 Å². The number of nitrogens with zero attached hydrogens (tertiary/aromatic N) is 1. The molecule has 3 aromatic rings. The zero-order valence-corrected chi connectivity index (χ0v) is 17.7. The van der Waals surface area contributed by atoms with Crippen molar-refractivity contribution in [1.82, 2.24) is 0 Å². The van der Waals surface area contributed by atoms with Crippen molar-refractivity contribution in [2.75, 3.05) is 10.2 Å². The SMILES string of the molecule is Cc1ccc(C2=C(Nc3cc(C)ccc3C)C(=O)N(c3cccc(Cl)c3)C2=O)cc1. The van der Waals surface area contributed by atoms with E-state index in [2.05, 4.69) is 5.32 Å². The second kappa shape index (κ2) is 7.81. The van der Waals surface area contributed by atoms with Crippen molar-refractivity contribution in [2.45, 2.75) is 20.8 Å². The van der Waals surface area contributed by atoms with Gasteiger partial charge in [-0.2, -0.15) is 0 Å². The summed E-state index contributed by atoms with van der Waals surface area (Å²) in [4.78, 5) is 28.0. The van der Waals surface area contributed by atoms with E-state index in [1.54, 1.807) is 24.3 Å². The fourth-order valence-electron chi connectivity index (χ4n) is 3.49. The van der Waals surface area contributed by atoms with E-state index in [9.17, 15) is 9.59 Å². The topological polar surface area (TPSA) is 49.4 Å². The van der Waals surface area contributed by atoms with Crippen LogP contribution in [0.4, 0.5) is 11.4 Å². The number of aryl methyl sites for hydroxylation is 3. The summed E-state index contributed by atoms with van der Waals surface area (Å²) in [6.45, 7) is 5.93. The molecule has 0 spiro atoms. The first-order valence-electron chi connectivity index (χ1n) is 9.65. The Balaban J connectivity index is 1.85. The lowest BCUT2D eigenvalue weighted by molar-refractivity contribution is -0.120. The highest BCUT2D eigenvalue weighted by molar-refractivity contribution is 6.46. The molecule has 1 N–H and O–H groups in total. The van der Waals surface area contributed by atoms with E-state index in [1.165, 1.54) is 4.90 Å². The summed E-state index contributed by atoms with van der Waals surface area (Å²) in [5.41, 5.74) is 5.66. The molecule has 0 radical (unpaired) electrons. The quantitative estimate of drug-likeness (QED) is 0.558. The Morgan fingerprint density at radius 3 is 2.20 bits per heavy atom. The Labute approximate surface area is 180 Å². The molecule has 0 fully saturated rings. The van der Waals surface area contributed by atoms with Gasteiger partial charge in [-0.15, -0.1) is 0 Å². The first kappa shape index (κ1) is 19.9. The van der Waals surface area contributed by atoms with Crippen molar-refractivity contribution >= 4 is 40.4 Å². The van der Waals surface area contributed by atoms with Gasteiger partial charge in [-0.1, -0.05) is 59.6 Å². The van der Waals surface area contributed by atoms with Crippen LogP contribution in [0.5, 0.6) is 0 Å². The molecule has 1 aliphatic rings. The highest BCUT2D eigenvalue weighted by Crippen LogP contribution is 2.35. The molecule has 1 aliphatic heterocycles. The Kier molecular flexibility index (Phi) is 5.18. The summed E-state index contributed by atoms with van der Waals surface area (Å²) in [5, 5.41) is 3.70. The third-order valence-corrected chi connectivity index (χ3v) is 5.38. The number of anilines is 2. The molecule has 4 nitrogen and oxygen atoms in total. The Morgan fingerprint density at radius 2 is 1.50 bits per heavy atom. The van der Waals surface area contributed by atoms with Crippen LogP contribution in [0.2, 0.25) is 5.02 Å². The summed E-state index contributed by atoms with van der Waals surface area (Å²) in [5.74, 6) is -0.780. The normalized spacial score (nSPS) is 13.9. The van der Waals surface area contributed by atoms with Crippen molar-refractivity contribution in [3.05, 3.63) is 99.7 Å². The van der Waals surface area contributed by atoms with E-state index in [0.717, 1.165) is 22.4 Å². The van der Waals surface area contributed by atoms with E-state index < -0.39 is 5.91 Å². The molecule has 4 rings (SSSR count). The lowest BCUT2D eigenvalue weighted by atomic mass is 10.0. The zero-order chi connectivity index (χ0) is 21.4. The van der Waals surface area contributed by atoms with E-state index in [1.807, 2.05) is 63.2 Å². The summed E-state index contributed by atoms with van der Waals surface area (Å²) >= 11 is 6.12. The van der Waals surface area contributed by atoms with Crippen LogP contribution in [0, 0.1) is 20.8 Å². The number of carbonyl (C=O) groups is 2. The minimum atomic E-state index is -0.404. The number of hydrogen-bond acceptors (Lipinski definition) is 3. The molecule has 150 valence electrons. The molecule has 0 saturated heterocycles. The van der Waals surface area contributed by atoms with E-state index in [4.69, 9.17) is 11.6 Å². The van der Waals surface area contributed by atoms with Crippen molar-refractivity contribution in [3.63, 3.8) is 0 Å². The molecule has 3 aromatic carbocycles. The molecule has 0 unspecified atom stereocenters. The number of imide groups is 1. The Bertz CT molecular complexity index is 1200. The number of nitrogens with one attached hydrogen (secondary N) is 1. The second-order valence-corrected chi connectivity index (χ2v) is 7.92. The predicted octanol–water partition coefficient (Wildman–Crippen LogP) is 5.66. The molecular weight excluding hydrogens is 396 g/mol. The van der Waals surface area contributed by atoms with Crippen LogP contribution in [0.1, 0.15) is 22.3 Å². The van der Waals surface area contributed by atoms with Gasteiger partial charge in [0.25, 0.3) is 11.8 Å². The Hall–Kier alpha value is -3.37.